The van der Waals surface area contributed by atoms with E-state index in [0.29, 0.717) is 33.0 Å². The number of benzene rings is 1. The Labute approximate surface area is 109 Å². The van der Waals surface area contributed by atoms with Crippen LogP contribution in [0.2, 0.25) is 0 Å². The molecule has 0 aliphatic carbocycles. The van der Waals surface area contributed by atoms with Crippen LogP contribution in [0, 0.1) is 0 Å². The van der Waals surface area contributed by atoms with Gasteiger partial charge in [0.05, 0.1) is 33.0 Å². The molecule has 0 heterocycles. The fraction of sp³-hybridized carbons (Fsp3) is 0.571. The molecular formula is C14H23NO3. The second-order valence-corrected chi connectivity index (χ2v) is 4.01. The predicted octanol–water partition coefficient (Wildman–Crippen LogP) is 1.59. The molecule has 0 unspecified atom stereocenters. The maximum absolute atomic E-state index is 5.55. The summed E-state index contributed by atoms with van der Waals surface area (Å²) in [5.41, 5.74) is 2.47. The second-order valence-electron chi connectivity index (χ2n) is 4.01. The Morgan fingerprint density at radius 3 is 2.50 bits per heavy atom. The summed E-state index contributed by atoms with van der Waals surface area (Å²) < 4.78 is 15.7. The Morgan fingerprint density at radius 1 is 1.00 bits per heavy atom. The number of ether oxygens (including phenoxy) is 3. The maximum atomic E-state index is 5.55. The zero-order chi connectivity index (χ0) is 13.1. The van der Waals surface area contributed by atoms with Crippen molar-refractivity contribution >= 4 is 0 Å². The molecule has 1 aromatic rings. The molecule has 18 heavy (non-hydrogen) atoms. The highest BCUT2D eigenvalue weighted by atomic mass is 16.5. The van der Waals surface area contributed by atoms with Gasteiger partial charge in [0.2, 0.25) is 0 Å². The summed E-state index contributed by atoms with van der Waals surface area (Å²) in [7, 11) is 3.61. The molecule has 0 fully saturated rings. The highest BCUT2D eigenvalue weighted by Crippen LogP contribution is 2.06. The van der Waals surface area contributed by atoms with Crippen molar-refractivity contribution in [3.05, 3.63) is 35.4 Å². The lowest BCUT2D eigenvalue weighted by atomic mass is 10.1. The molecule has 0 atom stereocenters. The first-order chi connectivity index (χ1) is 8.86. The standard InChI is InChI=1S/C14H23NO3/c1-15-11-13-4-3-5-14(10-13)12-18-9-8-17-7-6-16-2/h3-5,10,15H,6-9,11-12H2,1-2H3. The van der Waals surface area contributed by atoms with Crippen molar-refractivity contribution in [1.29, 1.82) is 0 Å². The van der Waals surface area contributed by atoms with Crippen LogP contribution in [0.4, 0.5) is 0 Å². The molecule has 0 aliphatic heterocycles. The van der Waals surface area contributed by atoms with Crippen molar-refractivity contribution < 1.29 is 14.2 Å². The molecule has 1 N–H and O–H groups in total. The molecule has 0 aliphatic rings. The highest BCUT2D eigenvalue weighted by molar-refractivity contribution is 5.22. The molecule has 0 saturated carbocycles. The van der Waals surface area contributed by atoms with Gasteiger partial charge in [0.25, 0.3) is 0 Å². The minimum atomic E-state index is 0.611. The molecule has 0 saturated heterocycles. The molecule has 1 rings (SSSR count). The molecule has 4 nitrogen and oxygen atoms in total. The number of hydrogen-bond acceptors (Lipinski definition) is 4. The summed E-state index contributed by atoms with van der Waals surface area (Å²) >= 11 is 0. The van der Waals surface area contributed by atoms with E-state index in [9.17, 15) is 0 Å². The first-order valence-corrected chi connectivity index (χ1v) is 6.23. The van der Waals surface area contributed by atoms with Crippen molar-refractivity contribution in [2.24, 2.45) is 0 Å². The average molecular weight is 253 g/mol. The average Bonchev–Trinajstić information content (AvgIpc) is 2.39. The number of methoxy groups -OCH3 is 1. The van der Waals surface area contributed by atoms with E-state index in [1.165, 1.54) is 11.1 Å². The topological polar surface area (TPSA) is 39.7 Å². The van der Waals surface area contributed by atoms with Crippen LogP contribution in [-0.4, -0.2) is 40.6 Å². The quantitative estimate of drug-likeness (QED) is 0.643. The Balaban J connectivity index is 2.13. The van der Waals surface area contributed by atoms with Crippen LogP contribution in [0.25, 0.3) is 0 Å². The molecular weight excluding hydrogens is 230 g/mol. The molecule has 0 amide bonds. The predicted molar refractivity (Wildman–Crippen MR) is 71.6 cm³/mol. The van der Waals surface area contributed by atoms with Gasteiger partial charge in [-0.1, -0.05) is 24.3 Å². The lowest BCUT2D eigenvalue weighted by Gasteiger charge is -2.07. The molecule has 0 aromatic heterocycles. The molecule has 1 aromatic carbocycles. The van der Waals surface area contributed by atoms with Crippen LogP contribution in [0.3, 0.4) is 0 Å². The molecule has 102 valence electrons. The normalized spacial score (nSPS) is 10.8. The SMILES string of the molecule is CNCc1cccc(COCCOCCOC)c1. The smallest absolute Gasteiger partial charge is 0.0718 e. The van der Waals surface area contributed by atoms with Gasteiger partial charge in [0.1, 0.15) is 0 Å². The van der Waals surface area contributed by atoms with Crippen molar-refractivity contribution in [2.75, 3.05) is 40.6 Å². The first kappa shape index (κ1) is 15.1. The van der Waals surface area contributed by atoms with Crippen LogP contribution < -0.4 is 5.32 Å². The van der Waals surface area contributed by atoms with E-state index >= 15 is 0 Å². The van der Waals surface area contributed by atoms with E-state index in [4.69, 9.17) is 14.2 Å². The van der Waals surface area contributed by atoms with Gasteiger partial charge in [0, 0.05) is 13.7 Å². The fourth-order valence-electron chi connectivity index (χ4n) is 1.59. The van der Waals surface area contributed by atoms with E-state index < -0.39 is 0 Å². The third-order valence-electron chi connectivity index (χ3n) is 2.44. The molecule has 0 radical (unpaired) electrons. The van der Waals surface area contributed by atoms with Crippen molar-refractivity contribution in [3.63, 3.8) is 0 Å². The largest absolute Gasteiger partial charge is 0.382 e. The molecule has 0 spiro atoms. The van der Waals surface area contributed by atoms with E-state index in [-0.39, 0.29) is 0 Å². The van der Waals surface area contributed by atoms with Gasteiger partial charge in [-0.15, -0.1) is 0 Å². The Kier molecular flexibility index (Phi) is 8.42. The summed E-state index contributed by atoms with van der Waals surface area (Å²) in [6, 6.07) is 8.39. The molecule has 0 bridgehead atoms. The van der Waals surface area contributed by atoms with E-state index in [1.807, 2.05) is 7.05 Å². The van der Waals surface area contributed by atoms with Gasteiger partial charge in [-0.2, -0.15) is 0 Å². The number of hydrogen-bond donors (Lipinski definition) is 1. The second kappa shape index (κ2) is 10.0. The van der Waals surface area contributed by atoms with Gasteiger partial charge in [0.15, 0.2) is 0 Å². The van der Waals surface area contributed by atoms with Crippen LogP contribution in [0.15, 0.2) is 24.3 Å². The third kappa shape index (κ3) is 6.71. The third-order valence-corrected chi connectivity index (χ3v) is 2.44. The minimum absolute atomic E-state index is 0.611. The van der Waals surface area contributed by atoms with Crippen molar-refractivity contribution in [3.8, 4) is 0 Å². The first-order valence-electron chi connectivity index (χ1n) is 6.23. The Hall–Kier alpha value is -0.940. The summed E-state index contributed by atoms with van der Waals surface area (Å²) in [4.78, 5) is 0. The fourth-order valence-corrected chi connectivity index (χ4v) is 1.59. The summed E-state index contributed by atoms with van der Waals surface area (Å²) in [6.07, 6.45) is 0. The zero-order valence-electron chi connectivity index (χ0n) is 11.3. The Morgan fingerprint density at radius 2 is 1.72 bits per heavy atom. The van der Waals surface area contributed by atoms with Gasteiger partial charge in [-0.3, -0.25) is 0 Å². The van der Waals surface area contributed by atoms with Gasteiger partial charge in [-0.25, -0.2) is 0 Å². The lowest BCUT2D eigenvalue weighted by molar-refractivity contribution is 0.0199. The monoisotopic (exact) mass is 253 g/mol. The van der Waals surface area contributed by atoms with Crippen LogP contribution in [-0.2, 0) is 27.4 Å². The van der Waals surface area contributed by atoms with E-state index in [1.54, 1.807) is 7.11 Å². The lowest BCUT2D eigenvalue weighted by Crippen LogP contribution is -2.08. The summed E-state index contributed by atoms with van der Waals surface area (Å²) in [5, 5.41) is 3.13. The zero-order valence-corrected chi connectivity index (χ0v) is 11.3. The highest BCUT2D eigenvalue weighted by Gasteiger charge is 1.96. The van der Waals surface area contributed by atoms with Crippen molar-refractivity contribution in [2.45, 2.75) is 13.2 Å². The number of rotatable bonds is 10. The minimum Gasteiger partial charge on any atom is -0.382 e. The Bertz CT molecular complexity index is 318. The van der Waals surface area contributed by atoms with E-state index in [0.717, 1.165) is 6.54 Å². The maximum Gasteiger partial charge on any atom is 0.0718 e. The van der Waals surface area contributed by atoms with Gasteiger partial charge >= 0.3 is 0 Å². The van der Waals surface area contributed by atoms with E-state index in [2.05, 4.69) is 29.6 Å². The summed E-state index contributed by atoms with van der Waals surface area (Å²) in [5.74, 6) is 0. The summed E-state index contributed by atoms with van der Waals surface area (Å²) in [6.45, 7) is 3.99. The van der Waals surface area contributed by atoms with Gasteiger partial charge in [-0.05, 0) is 18.2 Å². The van der Waals surface area contributed by atoms with Crippen LogP contribution >= 0.6 is 0 Å². The van der Waals surface area contributed by atoms with Crippen LogP contribution in [0.5, 0.6) is 0 Å². The van der Waals surface area contributed by atoms with Crippen molar-refractivity contribution in [1.82, 2.24) is 5.32 Å². The molecule has 4 heteroatoms. The number of nitrogens with one attached hydrogen (secondary N) is 1. The van der Waals surface area contributed by atoms with Crippen LogP contribution in [0.1, 0.15) is 11.1 Å². The van der Waals surface area contributed by atoms with Gasteiger partial charge < -0.3 is 19.5 Å².